The average molecular weight is 371 g/mol. The van der Waals surface area contributed by atoms with Crippen LogP contribution in [0.1, 0.15) is 12.5 Å². The number of anilines is 1. The first-order valence-corrected chi connectivity index (χ1v) is 8.73. The molecule has 0 spiro atoms. The summed E-state index contributed by atoms with van der Waals surface area (Å²) in [5.41, 5.74) is 1.14. The van der Waals surface area contributed by atoms with Crippen LogP contribution in [0.25, 0.3) is 6.08 Å². The Kier molecular flexibility index (Phi) is 5.18. The van der Waals surface area contributed by atoms with Crippen molar-refractivity contribution in [2.45, 2.75) is 6.92 Å². The molecule has 2 aromatic carbocycles. The Morgan fingerprint density at radius 3 is 2.54 bits per heavy atom. The van der Waals surface area contributed by atoms with E-state index < -0.39 is 5.91 Å². The number of phenolic OH excluding ortho intramolecular Hbond substituents is 1. The predicted molar refractivity (Wildman–Crippen MR) is 101 cm³/mol. The van der Waals surface area contributed by atoms with E-state index in [1.807, 2.05) is 6.92 Å². The molecule has 2 amide bonds. The molecule has 1 aliphatic rings. The van der Waals surface area contributed by atoms with Gasteiger partial charge in [0, 0.05) is 0 Å². The Hall–Kier alpha value is -2.93. The van der Waals surface area contributed by atoms with E-state index in [1.54, 1.807) is 42.5 Å². The van der Waals surface area contributed by atoms with Gasteiger partial charge in [-0.05, 0) is 66.7 Å². The van der Waals surface area contributed by atoms with Crippen LogP contribution < -0.4 is 14.4 Å². The van der Waals surface area contributed by atoms with Gasteiger partial charge in [-0.25, -0.2) is 4.90 Å². The molecule has 2 aromatic rings. The molecule has 3 rings (SSSR count). The molecule has 26 heavy (non-hydrogen) atoms. The van der Waals surface area contributed by atoms with Crippen molar-refractivity contribution in [1.82, 2.24) is 0 Å². The lowest BCUT2D eigenvalue weighted by atomic mass is 10.2. The van der Waals surface area contributed by atoms with E-state index >= 15 is 0 Å². The van der Waals surface area contributed by atoms with Crippen molar-refractivity contribution in [2.75, 3.05) is 18.6 Å². The van der Waals surface area contributed by atoms with Gasteiger partial charge < -0.3 is 14.6 Å². The molecule has 1 heterocycles. The molecule has 6 nitrogen and oxygen atoms in total. The number of methoxy groups -OCH3 is 1. The minimum Gasteiger partial charge on any atom is -0.504 e. The van der Waals surface area contributed by atoms with Gasteiger partial charge in [0.05, 0.1) is 24.3 Å². The summed E-state index contributed by atoms with van der Waals surface area (Å²) >= 11 is 0.868. The minimum absolute atomic E-state index is 0.00661. The Labute approximate surface area is 155 Å². The molecule has 7 heteroatoms. The number of hydrogen-bond acceptors (Lipinski definition) is 6. The smallest absolute Gasteiger partial charge is 0.298 e. The van der Waals surface area contributed by atoms with Gasteiger partial charge in [0.15, 0.2) is 11.5 Å². The monoisotopic (exact) mass is 371 g/mol. The molecule has 134 valence electrons. The molecule has 1 aliphatic heterocycles. The van der Waals surface area contributed by atoms with E-state index in [1.165, 1.54) is 13.2 Å². The van der Waals surface area contributed by atoms with Gasteiger partial charge in [-0.2, -0.15) is 0 Å². The van der Waals surface area contributed by atoms with Crippen LogP contribution in [0.15, 0.2) is 47.4 Å². The Bertz CT molecular complexity index is 876. The van der Waals surface area contributed by atoms with Gasteiger partial charge in [-0.3, -0.25) is 9.59 Å². The van der Waals surface area contributed by atoms with E-state index in [0.717, 1.165) is 16.7 Å². The van der Waals surface area contributed by atoms with Gasteiger partial charge in [0.2, 0.25) is 0 Å². The third-order valence-electron chi connectivity index (χ3n) is 3.70. The third kappa shape index (κ3) is 3.52. The summed E-state index contributed by atoms with van der Waals surface area (Å²) in [5.74, 6) is 0.586. The minimum atomic E-state index is -0.392. The average Bonchev–Trinajstić information content (AvgIpc) is 2.91. The molecular formula is C19H17NO5S. The molecule has 0 aliphatic carbocycles. The quantitative estimate of drug-likeness (QED) is 0.800. The molecule has 0 atom stereocenters. The summed E-state index contributed by atoms with van der Waals surface area (Å²) in [6, 6.07) is 11.5. The van der Waals surface area contributed by atoms with Crippen LogP contribution in [-0.4, -0.2) is 30.0 Å². The first-order valence-electron chi connectivity index (χ1n) is 7.91. The van der Waals surface area contributed by atoms with Crippen LogP contribution in [0.2, 0.25) is 0 Å². The van der Waals surface area contributed by atoms with Crippen molar-refractivity contribution in [3.8, 4) is 17.2 Å². The summed E-state index contributed by atoms with van der Waals surface area (Å²) in [4.78, 5) is 26.4. The summed E-state index contributed by atoms with van der Waals surface area (Å²) in [7, 11) is 1.44. The maximum atomic E-state index is 12.7. The largest absolute Gasteiger partial charge is 0.504 e. The number of aromatic hydroxyl groups is 1. The Morgan fingerprint density at radius 2 is 1.88 bits per heavy atom. The lowest BCUT2D eigenvalue weighted by molar-refractivity contribution is -0.113. The maximum Gasteiger partial charge on any atom is 0.298 e. The van der Waals surface area contributed by atoms with E-state index in [0.29, 0.717) is 34.3 Å². The summed E-state index contributed by atoms with van der Waals surface area (Å²) in [5, 5.41) is 9.29. The molecule has 1 fully saturated rings. The zero-order valence-electron chi connectivity index (χ0n) is 14.3. The highest BCUT2D eigenvalue weighted by Crippen LogP contribution is 2.37. The van der Waals surface area contributed by atoms with Crippen molar-refractivity contribution in [2.24, 2.45) is 0 Å². The second-order valence-electron chi connectivity index (χ2n) is 5.38. The number of hydrogen-bond donors (Lipinski definition) is 1. The number of phenols is 1. The Balaban J connectivity index is 1.86. The standard InChI is InChI=1S/C19H17NO5S/c1-3-25-14-7-5-13(6-8-14)20-18(22)17(26-19(20)23)11-12-4-9-15(21)16(10-12)24-2/h4-11,21H,3H2,1-2H3/b17-11-. The van der Waals surface area contributed by atoms with Gasteiger partial charge in [0.25, 0.3) is 11.1 Å². The lowest BCUT2D eigenvalue weighted by Crippen LogP contribution is -2.27. The van der Waals surface area contributed by atoms with Gasteiger partial charge in [0.1, 0.15) is 5.75 Å². The number of benzene rings is 2. The second-order valence-corrected chi connectivity index (χ2v) is 6.37. The number of carbonyl (C=O) groups excluding carboxylic acids is 2. The van der Waals surface area contributed by atoms with Crippen molar-refractivity contribution in [3.63, 3.8) is 0 Å². The molecule has 0 aromatic heterocycles. The van der Waals surface area contributed by atoms with Crippen molar-refractivity contribution < 1.29 is 24.2 Å². The summed E-state index contributed by atoms with van der Waals surface area (Å²) in [6.07, 6.45) is 1.60. The Morgan fingerprint density at radius 1 is 1.15 bits per heavy atom. The molecule has 0 unspecified atom stereocenters. The zero-order chi connectivity index (χ0) is 18.7. The molecular weight excluding hydrogens is 354 g/mol. The molecule has 0 saturated carbocycles. The van der Waals surface area contributed by atoms with Crippen LogP contribution in [-0.2, 0) is 4.79 Å². The first kappa shape index (κ1) is 17.9. The van der Waals surface area contributed by atoms with Crippen LogP contribution in [0.5, 0.6) is 17.2 Å². The van der Waals surface area contributed by atoms with E-state index in [9.17, 15) is 14.7 Å². The number of amides is 2. The fraction of sp³-hybridized carbons (Fsp3) is 0.158. The lowest BCUT2D eigenvalue weighted by Gasteiger charge is -2.13. The normalized spacial score (nSPS) is 15.6. The van der Waals surface area contributed by atoms with Crippen LogP contribution in [0.4, 0.5) is 10.5 Å². The highest BCUT2D eigenvalue weighted by molar-refractivity contribution is 8.19. The van der Waals surface area contributed by atoms with Gasteiger partial charge >= 0.3 is 0 Å². The maximum absolute atomic E-state index is 12.7. The SMILES string of the molecule is CCOc1ccc(N2C(=O)S/C(=C\c3ccc(O)c(OC)c3)C2=O)cc1. The molecule has 1 saturated heterocycles. The van der Waals surface area contributed by atoms with E-state index in [2.05, 4.69) is 0 Å². The fourth-order valence-corrected chi connectivity index (χ4v) is 3.33. The number of ether oxygens (including phenoxy) is 2. The van der Waals surface area contributed by atoms with Gasteiger partial charge in [-0.15, -0.1) is 0 Å². The van der Waals surface area contributed by atoms with Crippen LogP contribution >= 0.6 is 11.8 Å². The number of nitrogens with zero attached hydrogens (tertiary/aromatic N) is 1. The first-order chi connectivity index (χ1) is 12.5. The highest BCUT2D eigenvalue weighted by atomic mass is 32.2. The third-order valence-corrected chi connectivity index (χ3v) is 4.57. The number of carbonyl (C=O) groups is 2. The van der Waals surface area contributed by atoms with E-state index in [4.69, 9.17) is 9.47 Å². The zero-order valence-corrected chi connectivity index (χ0v) is 15.1. The topological polar surface area (TPSA) is 76.1 Å². The van der Waals surface area contributed by atoms with Crippen LogP contribution in [0, 0.1) is 0 Å². The second kappa shape index (κ2) is 7.53. The summed E-state index contributed by atoms with van der Waals surface area (Å²) in [6.45, 7) is 2.42. The predicted octanol–water partition coefficient (Wildman–Crippen LogP) is 4.04. The van der Waals surface area contributed by atoms with Crippen LogP contribution in [0.3, 0.4) is 0 Å². The van der Waals surface area contributed by atoms with Crippen molar-refractivity contribution >= 4 is 34.7 Å². The molecule has 0 radical (unpaired) electrons. The van der Waals surface area contributed by atoms with E-state index in [-0.39, 0.29) is 11.0 Å². The number of imide groups is 1. The fourth-order valence-electron chi connectivity index (χ4n) is 2.48. The van der Waals surface area contributed by atoms with Crippen molar-refractivity contribution in [3.05, 3.63) is 52.9 Å². The molecule has 1 N–H and O–H groups in total. The molecule has 0 bridgehead atoms. The number of thioether (sulfide) groups is 1. The summed E-state index contributed by atoms with van der Waals surface area (Å²) < 4.78 is 10.4. The van der Waals surface area contributed by atoms with Crippen molar-refractivity contribution in [1.29, 1.82) is 0 Å². The van der Waals surface area contributed by atoms with Gasteiger partial charge in [-0.1, -0.05) is 6.07 Å². The number of rotatable bonds is 5. The highest BCUT2D eigenvalue weighted by Gasteiger charge is 2.36.